The third kappa shape index (κ3) is 2.58. The summed E-state index contributed by atoms with van der Waals surface area (Å²) >= 11 is 0. The molecule has 0 bridgehead atoms. The fourth-order valence-corrected chi connectivity index (χ4v) is 6.33. The van der Waals surface area contributed by atoms with Crippen molar-refractivity contribution < 1.29 is 22.7 Å². The Balaban J connectivity index is 1.85. The maximum absolute atomic E-state index is 13.9. The second-order valence-electron chi connectivity index (χ2n) is 8.03. The van der Waals surface area contributed by atoms with E-state index in [-0.39, 0.29) is 44.2 Å². The van der Waals surface area contributed by atoms with E-state index < -0.39 is 15.8 Å². The zero-order valence-corrected chi connectivity index (χ0v) is 18.8. The summed E-state index contributed by atoms with van der Waals surface area (Å²) in [7, 11) is -2.68. The molecule has 6 nitrogen and oxygen atoms in total. The molecule has 7 heteroatoms. The van der Waals surface area contributed by atoms with Gasteiger partial charge in [0.25, 0.3) is 10.0 Å². The second-order valence-corrected chi connectivity index (χ2v) is 9.82. The molecule has 0 aliphatic heterocycles. The highest BCUT2D eigenvalue weighted by Crippen LogP contribution is 2.43. The maximum Gasteiger partial charge on any atom is 0.268 e. The van der Waals surface area contributed by atoms with Gasteiger partial charge in [0.05, 0.1) is 34.2 Å². The van der Waals surface area contributed by atoms with Crippen LogP contribution in [0.2, 0.25) is 0 Å². The minimum absolute atomic E-state index is 0.0359. The van der Waals surface area contributed by atoms with Crippen LogP contribution in [0.5, 0.6) is 5.75 Å². The van der Waals surface area contributed by atoms with E-state index in [2.05, 4.69) is 0 Å². The lowest BCUT2D eigenvalue weighted by Crippen LogP contribution is -2.24. The Labute approximate surface area is 195 Å². The highest BCUT2D eigenvalue weighted by atomic mass is 32.2. The number of ether oxygens (including phenoxy) is 1. The molecule has 1 aliphatic rings. The van der Waals surface area contributed by atoms with E-state index in [1.54, 1.807) is 72.8 Å². The van der Waals surface area contributed by atoms with Gasteiger partial charge in [-0.3, -0.25) is 9.59 Å². The zero-order valence-electron chi connectivity index (χ0n) is 18.0. The number of benzene rings is 4. The van der Waals surface area contributed by atoms with Gasteiger partial charge in [-0.1, -0.05) is 60.7 Å². The Morgan fingerprint density at radius 3 is 1.97 bits per heavy atom. The number of hydrogen-bond acceptors (Lipinski definition) is 5. The molecule has 1 heterocycles. The molecule has 0 saturated carbocycles. The van der Waals surface area contributed by atoms with E-state index in [0.717, 1.165) is 0 Å². The molecule has 4 aromatic carbocycles. The van der Waals surface area contributed by atoms with Gasteiger partial charge < -0.3 is 4.74 Å². The van der Waals surface area contributed by atoms with Gasteiger partial charge in [-0.05, 0) is 24.3 Å². The number of carbonyl (C=O) groups is 2. The van der Waals surface area contributed by atoms with Crippen molar-refractivity contribution in [3.63, 3.8) is 0 Å². The topological polar surface area (TPSA) is 82.4 Å². The molecule has 34 heavy (non-hydrogen) atoms. The van der Waals surface area contributed by atoms with Crippen molar-refractivity contribution in [2.45, 2.75) is 4.90 Å². The van der Waals surface area contributed by atoms with Crippen molar-refractivity contribution in [1.82, 2.24) is 3.97 Å². The van der Waals surface area contributed by atoms with E-state index in [1.165, 1.54) is 23.2 Å². The Hall–Kier alpha value is -4.23. The first-order valence-electron chi connectivity index (χ1n) is 10.6. The Kier molecular flexibility index (Phi) is 4.28. The minimum atomic E-state index is -4.11. The molecular weight excluding hydrogens is 450 g/mol. The monoisotopic (exact) mass is 467 g/mol. The van der Waals surface area contributed by atoms with Crippen LogP contribution in [-0.4, -0.2) is 31.1 Å². The van der Waals surface area contributed by atoms with Crippen LogP contribution in [0.1, 0.15) is 31.8 Å². The predicted molar refractivity (Wildman–Crippen MR) is 128 cm³/mol. The number of rotatable bonds is 3. The second kappa shape index (κ2) is 7.13. The molecule has 1 aromatic heterocycles. The number of fused-ring (bicyclic) bond motifs is 6. The normalized spacial score (nSPS) is 13.2. The summed E-state index contributed by atoms with van der Waals surface area (Å²) in [5.74, 6) is -0.561. The number of methoxy groups -OCH3 is 1. The van der Waals surface area contributed by atoms with Gasteiger partial charge in [-0.15, -0.1) is 0 Å². The average molecular weight is 468 g/mol. The molecule has 0 saturated heterocycles. The number of para-hydroxylation sites is 1. The van der Waals surface area contributed by atoms with Crippen LogP contribution in [0.15, 0.2) is 89.8 Å². The molecule has 0 radical (unpaired) electrons. The van der Waals surface area contributed by atoms with Crippen molar-refractivity contribution in [3.05, 3.63) is 107 Å². The van der Waals surface area contributed by atoms with E-state index in [4.69, 9.17) is 4.74 Å². The minimum Gasteiger partial charge on any atom is -0.496 e. The first-order chi connectivity index (χ1) is 16.4. The standard InChI is InChI=1S/C27H17NO5S/c1-33-22-15-20-17-11-7-8-14-21(17)28(34(31,32)16-9-3-2-4-10-16)25(20)24-23(22)26(29)18-12-5-6-13-19(18)27(24)30/h2-15H,1H3. The highest BCUT2D eigenvalue weighted by Gasteiger charge is 2.37. The van der Waals surface area contributed by atoms with Crippen LogP contribution in [0.3, 0.4) is 0 Å². The largest absolute Gasteiger partial charge is 0.496 e. The summed E-state index contributed by atoms with van der Waals surface area (Å²) in [4.78, 5) is 27.4. The molecule has 5 aromatic rings. The molecule has 0 fully saturated rings. The molecule has 1 aliphatic carbocycles. The fourth-order valence-electron chi connectivity index (χ4n) is 4.77. The summed E-state index contributed by atoms with van der Waals surface area (Å²) < 4.78 is 34.6. The van der Waals surface area contributed by atoms with Gasteiger partial charge in [0.2, 0.25) is 0 Å². The molecule has 166 valence electrons. The van der Waals surface area contributed by atoms with Crippen molar-refractivity contribution in [1.29, 1.82) is 0 Å². The van der Waals surface area contributed by atoms with Crippen molar-refractivity contribution in [2.24, 2.45) is 0 Å². The summed E-state index contributed by atoms with van der Waals surface area (Å²) in [5.41, 5.74) is 1.21. The number of hydrogen-bond donors (Lipinski definition) is 0. The summed E-state index contributed by atoms with van der Waals surface area (Å²) in [6.07, 6.45) is 0. The van der Waals surface area contributed by atoms with Gasteiger partial charge in [-0.25, -0.2) is 12.4 Å². The summed E-state index contributed by atoms with van der Waals surface area (Å²) in [6, 6.07) is 23.3. The van der Waals surface area contributed by atoms with Crippen molar-refractivity contribution in [2.75, 3.05) is 7.11 Å². The third-order valence-electron chi connectivity index (χ3n) is 6.25. The fraction of sp³-hybridized carbons (Fsp3) is 0.0370. The molecule has 0 atom stereocenters. The van der Waals surface area contributed by atoms with Crippen LogP contribution < -0.4 is 4.74 Å². The number of ketones is 2. The summed E-state index contributed by atoms with van der Waals surface area (Å²) in [6.45, 7) is 0. The Bertz CT molecular complexity index is 1780. The lowest BCUT2D eigenvalue weighted by atomic mass is 9.82. The summed E-state index contributed by atoms with van der Waals surface area (Å²) in [5, 5.41) is 1.16. The van der Waals surface area contributed by atoms with Gasteiger partial charge in [0, 0.05) is 21.9 Å². The molecular formula is C27H17NO5S. The zero-order chi connectivity index (χ0) is 23.6. The highest BCUT2D eigenvalue weighted by molar-refractivity contribution is 7.90. The quantitative estimate of drug-likeness (QED) is 0.373. The lowest BCUT2D eigenvalue weighted by molar-refractivity contribution is 0.0977. The maximum atomic E-state index is 13.9. The average Bonchev–Trinajstić information content (AvgIpc) is 3.21. The van der Waals surface area contributed by atoms with Crippen LogP contribution in [0.4, 0.5) is 0 Å². The van der Waals surface area contributed by atoms with Gasteiger partial charge in [0.1, 0.15) is 5.75 Å². The number of nitrogens with zero attached hydrogens (tertiary/aromatic N) is 1. The smallest absolute Gasteiger partial charge is 0.268 e. The Morgan fingerprint density at radius 1 is 0.706 bits per heavy atom. The number of carbonyl (C=O) groups excluding carboxylic acids is 2. The van der Waals surface area contributed by atoms with Gasteiger partial charge in [-0.2, -0.15) is 0 Å². The van der Waals surface area contributed by atoms with Crippen molar-refractivity contribution in [3.8, 4) is 5.75 Å². The van der Waals surface area contributed by atoms with E-state index in [1.807, 2.05) is 0 Å². The molecule has 0 amide bonds. The molecule has 0 N–H and O–H groups in total. The van der Waals surface area contributed by atoms with Crippen LogP contribution in [0.25, 0.3) is 21.8 Å². The molecule has 6 rings (SSSR count). The predicted octanol–water partition coefficient (Wildman–Crippen LogP) is 4.82. The van der Waals surface area contributed by atoms with Crippen LogP contribution in [-0.2, 0) is 10.0 Å². The molecule has 0 unspecified atom stereocenters. The lowest BCUT2D eigenvalue weighted by Gasteiger charge is -2.21. The van der Waals surface area contributed by atoms with Crippen LogP contribution >= 0.6 is 0 Å². The Morgan fingerprint density at radius 2 is 1.29 bits per heavy atom. The van der Waals surface area contributed by atoms with Crippen LogP contribution in [0, 0.1) is 0 Å². The van der Waals surface area contributed by atoms with E-state index in [9.17, 15) is 18.0 Å². The van der Waals surface area contributed by atoms with Crippen molar-refractivity contribution >= 4 is 43.4 Å². The van der Waals surface area contributed by atoms with Gasteiger partial charge in [0.15, 0.2) is 11.6 Å². The van der Waals surface area contributed by atoms with E-state index >= 15 is 0 Å². The van der Waals surface area contributed by atoms with E-state index in [0.29, 0.717) is 16.3 Å². The first-order valence-corrected chi connectivity index (χ1v) is 12.0. The third-order valence-corrected chi connectivity index (χ3v) is 7.98. The molecule has 0 spiro atoms. The SMILES string of the molecule is COc1cc2c3ccccc3n(S(=O)(=O)c3ccccc3)c2c2c1C(=O)c1ccccc1C2=O. The first kappa shape index (κ1) is 20.4. The number of aromatic nitrogens is 1. The van der Waals surface area contributed by atoms with Gasteiger partial charge >= 0.3 is 0 Å².